The predicted octanol–water partition coefficient (Wildman–Crippen LogP) is 3.84. The van der Waals surface area contributed by atoms with Crippen LogP contribution in [-0.4, -0.2) is 26.9 Å². The molecule has 3 heterocycles. The summed E-state index contributed by atoms with van der Waals surface area (Å²) in [6.45, 7) is 5.44. The van der Waals surface area contributed by atoms with Gasteiger partial charge >= 0.3 is 0 Å². The fraction of sp³-hybridized carbons (Fsp3) is 0.0625. The van der Waals surface area contributed by atoms with Crippen molar-refractivity contribution in [1.29, 1.82) is 0 Å². The second-order valence-electron chi connectivity index (χ2n) is 4.53. The first-order valence-electron chi connectivity index (χ1n) is 6.90. The summed E-state index contributed by atoms with van der Waals surface area (Å²) in [6, 6.07) is 5.74. The highest BCUT2D eigenvalue weighted by molar-refractivity contribution is 7.13. The lowest BCUT2D eigenvalue weighted by Crippen LogP contribution is -1.96. The summed E-state index contributed by atoms with van der Waals surface area (Å²) in [5.41, 5.74) is 5.29. The zero-order chi connectivity index (χ0) is 16.1. The number of pyridine rings is 2. The summed E-state index contributed by atoms with van der Waals surface area (Å²) in [5.74, 6) is 0.699. The third-order valence-electron chi connectivity index (χ3n) is 3.16. The molecule has 0 atom stereocenters. The average Bonchev–Trinajstić information content (AvgIpc) is 3.08. The van der Waals surface area contributed by atoms with Crippen LogP contribution in [0.25, 0.3) is 16.6 Å². The van der Waals surface area contributed by atoms with Crippen LogP contribution in [0.15, 0.2) is 53.3 Å². The van der Waals surface area contributed by atoms with Crippen LogP contribution in [0.5, 0.6) is 0 Å². The molecule has 1 N–H and O–H groups in total. The minimum atomic E-state index is 0.698. The lowest BCUT2D eigenvalue weighted by atomic mass is 10.0. The van der Waals surface area contributed by atoms with Gasteiger partial charge in [-0.2, -0.15) is 0 Å². The van der Waals surface area contributed by atoms with Crippen molar-refractivity contribution in [1.82, 2.24) is 20.2 Å². The molecule has 0 amide bonds. The highest BCUT2D eigenvalue weighted by atomic mass is 32.1. The average molecular weight is 322 g/mol. The summed E-state index contributed by atoms with van der Waals surface area (Å²) < 4.78 is 0. The van der Waals surface area contributed by atoms with Gasteiger partial charge in [-0.05, 0) is 43.5 Å². The fourth-order valence-corrected chi connectivity index (χ4v) is 2.59. The number of nitrogens with zero attached hydrogens (tertiary/aromatic N) is 5. The molecular formula is C16H14N6S. The molecule has 0 saturated carbocycles. The van der Waals surface area contributed by atoms with Crippen LogP contribution in [-0.2, 0) is 0 Å². The maximum Gasteiger partial charge on any atom is 0.210 e. The second-order valence-corrected chi connectivity index (χ2v) is 5.37. The molecule has 0 aliphatic heterocycles. The van der Waals surface area contributed by atoms with Gasteiger partial charge in [0.2, 0.25) is 5.13 Å². The second kappa shape index (κ2) is 6.89. The molecule has 0 spiro atoms. The van der Waals surface area contributed by atoms with E-state index in [9.17, 15) is 0 Å². The Hall–Kier alpha value is -2.93. The molecule has 3 aromatic heterocycles. The molecule has 3 rings (SSSR count). The largest absolute Gasteiger partial charge is 0.315 e. The number of anilines is 2. The molecule has 0 aliphatic rings. The highest BCUT2D eigenvalue weighted by Gasteiger charge is 2.08. The summed E-state index contributed by atoms with van der Waals surface area (Å²) >= 11 is 1.42. The number of hydrogen-bond donors (Lipinski definition) is 1. The van der Waals surface area contributed by atoms with Gasteiger partial charge in [0.15, 0.2) is 0 Å². The zero-order valence-electron chi connectivity index (χ0n) is 12.5. The van der Waals surface area contributed by atoms with E-state index >= 15 is 0 Å². The van der Waals surface area contributed by atoms with Gasteiger partial charge in [-0.25, -0.2) is 4.98 Å². The summed E-state index contributed by atoms with van der Waals surface area (Å²) in [5, 5.41) is 11.6. The van der Waals surface area contributed by atoms with Crippen molar-refractivity contribution in [3.8, 4) is 0 Å². The highest BCUT2D eigenvalue weighted by Crippen LogP contribution is 2.25. The number of fused-ring (bicyclic) bond motifs is 1. The lowest BCUT2D eigenvalue weighted by Gasteiger charge is -2.08. The standard InChI is InChI=1S/C16H14N6S/c1-3-11(6-8-17-2)12-7-9-18-13-4-5-14(20-15(12)13)21-16-22-19-10-23-16/h3-10H,2H2,1H3,(H,20,21,22)/b8-6-,11-3+. The molecule has 7 heteroatoms. The molecule has 3 aromatic rings. The van der Waals surface area contributed by atoms with Crippen molar-refractivity contribution in [2.24, 2.45) is 4.99 Å². The Kier molecular flexibility index (Phi) is 4.49. The first-order valence-corrected chi connectivity index (χ1v) is 7.78. The van der Waals surface area contributed by atoms with Gasteiger partial charge in [-0.15, -0.1) is 10.2 Å². The van der Waals surface area contributed by atoms with Crippen LogP contribution < -0.4 is 5.32 Å². The van der Waals surface area contributed by atoms with E-state index in [0.29, 0.717) is 10.9 Å². The number of aromatic nitrogens is 4. The number of hydrogen-bond acceptors (Lipinski definition) is 7. The molecule has 23 heavy (non-hydrogen) atoms. The smallest absolute Gasteiger partial charge is 0.210 e. The molecule has 0 bridgehead atoms. The Bertz CT molecular complexity index is 883. The maximum absolute atomic E-state index is 4.67. The van der Waals surface area contributed by atoms with Crippen molar-refractivity contribution in [3.05, 3.63) is 53.8 Å². The Balaban J connectivity index is 2.07. The van der Waals surface area contributed by atoms with Crippen molar-refractivity contribution in [3.63, 3.8) is 0 Å². The van der Waals surface area contributed by atoms with Crippen LogP contribution >= 0.6 is 11.3 Å². The van der Waals surface area contributed by atoms with Crippen LogP contribution in [0, 0.1) is 0 Å². The number of rotatable bonds is 5. The minimum absolute atomic E-state index is 0.698. The van der Waals surface area contributed by atoms with Gasteiger partial charge in [-0.3, -0.25) is 9.98 Å². The van der Waals surface area contributed by atoms with Gasteiger partial charge in [0.05, 0.1) is 11.0 Å². The van der Waals surface area contributed by atoms with E-state index in [1.165, 1.54) is 11.3 Å². The van der Waals surface area contributed by atoms with Crippen molar-refractivity contribution in [2.45, 2.75) is 6.92 Å². The topological polar surface area (TPSA) is 76.0 Å². The Morgan fingerprint density at radius 3 is 3.00 bits per heavy atom. The van der Waals surface area contributed by atoms with Gasteiger partial charge in [-0.1, -0.05) is 17.4 Å². The SMILES string of the molecule is C=N/C=C\C(=C/C)c1ccnc2ccc(Nc3nncs3)nc12. The molecule has 0 saturated heterocycles. The molecule has 0 aliphatic carbocycles. The van der Waals surface area contributed by atoms with Crippen LogP contribution in [0.1, 0.15) is 12.5 Å². The quantitative estimate of drug-likeness (QED) is 0.570. The summed E-state index contributed by atoms with van der Waals surface area (Å²) in [7, 11) is 0. The molecule has 0 aromatic carbocycles. The first kappa shape index (κ1) is 15.0. The van der Waals surface area contributed by atoms with Crippen LogP contribution in [0.4, 0.5) is 10.9 Å². The maximum atomic E-state index is 4.67. The van der Waals surface area contributed by atoms with E-state index in [0.717, 1.165) is 22.2 Å². The predicted molar refractivity (Wildman–Crippen MR) is 95.1 cm³/mol. The summed E-state index contributed by atoms with van der Waals surface area (Å²) in [6.07, 6.45) is 7.33. The molecular weight excluding hydrogens is 308 g/mol. The van der Waals surface area contributed by atoms with Crippen molar-refractivity contribution < 1.29 is 0 Å². The molecule has 0 unspecified atom stereocenters. The number of aliphatic imine (C=N–C) groups is 1. The molecule has 0 radical (unpaired) electrons. The molecule has 0 fully saturated rings. The number of allylic oxidation sites excluding steroid dienone is 3. The van der Waals surface area contributed by atoms with E-state index in [-0.39, 0.29) is 0 Å². The fourth-order valence-electron chi connectivity index (χ4n) is 2.14. The van der Waals surface area contributed by atoms with Gasteiger partial charge in [0.1, 0.15) is 11.3 Å². The first-order chi connectivity index (χ1) is 11.3. The van der Waals surface area contributed by atoms with E-state index in [1.807, 2.05) is 37.3 Å². The minimum Gasteiger partial charge on any atom is -0.315 e. The lowest BCUT2D eigenvalue weighted by molar-refractivity contribution is 1.09. The summed E-state index contributed by atoms with van der Waals surface area (Å²) in [4.78, 5) is 12.8. The van der Waals surface area contributed by atoms with Crippen LogP contribution in [0.3, 0.4) is 0 Å². The van der Waals surface area contributed by atoms with E-state index in [4.69, 9.17) is 0 Å². The van der Waals surface area contributed by atoms with E-state index in [2.05, 4.69) is 37.2 Å². The normalized spacial score (nSPS) is 12.0. The van der Waals surface area contributed by atoms with E-state index in [1.54, 1.807) is 17.9 Å². The Morgan fingerprint density at radius 2 is 2.26 bits per heavy atom. The molecule has 6 nitrogen and oxygen atoms in total. The zero-order valence-corrected chi connectivity index (χ0v) is 13.3. The third-order valence-corrected chi connectivity index (χ3v) is 3.77. The van der Waals surface area contributed by atoms with Crippen molar-refractivity contribution in [2.75, 3.05) is 5.32 Å². The van der Waals surface area contributed by atoms with Crippen molar-refractivity contribution >= 4 is 45.6 Å². The Labute approximate surface area is 137 Å². The number of nitrogens with one attached hydrogen (secondary N) is 1. The Morgan fingerprint density at radius 1 is 1.35 bits per heavy atom. The third kappa shape index (κ3) is 3.29. The van der Waals surface area contributed by atoms with Crippen LogP contribution in [0.2, 0.25) is 0 Å². The van der Waals surface area contributed by atoms with Gasteiger partial charge in [0.25, 0.3) is 0 Å². The van der Waals surface area contributed by atoms with E-state index < -0.39 is 0 Å². The monoisotopic (exact) mass is 322 g/mol. The van der Waals surface area contributed by atoms with Gasteiger partial charge in [0, 0.05) is 18.0 Å². The molecule has 114 valence electrons. The van der Waals surface area contributed by atoms with Gasteiger partial charge < -0.3 is 5.32 Å².